The molecule has 0 radical (unpaired) electrons. The third-order valence-electron chi connectivity index (χ3n) is 3.84. The van der Waals surface area contributed by atoms with Crippen LogP contribution in [0.5, 0.6) is 0 Å². The predicted octanol–water partition coefficient (Wildman–Crippen LogP) is 3.67. The van der Waals surface area contributed by atoms with E-state index in [1.165, 1.54) is 12.1 Å². The van der Waals surface area contributed by atoms with E-state index < -0.39 is 26.6 Å². The highest BCUT2D eigenvalue weighted by atomic mass is 32.2. The molecule has 0 spiro atoms. The van der Waals surface area contributed by atoms with Crippen LogP contribution in [0.15, 0.2) is 53.4 Å². The first kappa shape index (κ1) is 20.5. The molecule has 2 N–H and O–H groups in total. The summed E-state index contributed by atoms with van der Waals surface area (Å²) in [6, 6.07) is 10.2. The van der Waals surface area contributed by atoms with Gasteiger partial charge in [0.2, 0.25) is 5.95 Å². The first-order valence-corrected chi connectivity index (χ1v) is 10.00. The van der Waals surface area contributed by atoms with Crippen LogP contribution in [0.1, 0.15) is 5.69 Å². The number of benzene rings is 2. The molecular formula is C19H19F2N5O2S. The van der Waals surface area contributed by atoms with E-state index in [0.29, 0.717) is 17.7 Å². The Labute approximate surface area is 167 Å². The summed E-state index contributed by atoms with van der Waals surface area (Å²) in [4.78, 5) is 10.1. The topological polar surface area (TPSA) is 87.2 Å². The maximum Gasteiger partial charge on any atom is 0.262 e. The van der Waals surface area contributed by atoms with E-state index in [1.807, 2.05) is 32.0 Å². The van der Waals surface area contributed by atoms with E-state index in [2.05, 4.69) is 20.0 Å². The van der Waals surface area contributed by atoms with Crippen LogP contribution >= 0.6 is 0 Å². The van der Waals surface area contributed by atoms with Gasteiger partial charge < -0.3 is 10.2 Å². The maximum absolute atomic E-state index is 13.3. The van der Waals surface area contributed by atoms with Gasteiger partial charge >= 0.3 is 0 Å². The van der Waals surface area contributed by atoms with Crippen LogP contribution < -0.4 is 14.9 Å². The van der Waals surface area contributed by atoms with E-state index in [1.54, 1.807) is 12.1 Å². The molecule has 7 nitrogen and oxygen atoms in total. The van der Waals surface area contributed by atoms with Crippen LogP contribution in [0.3, 0.4) is 0 Å². The Kier molecular flexibility index (Phi) is 5.64. The zero-order chi connectivity index (χ0) is 21.2. The van der Waals surface area contributed by atoms with E-state index in [4.69, 9.17) is 0 Å². The Hall–Kier alpha value is -3.27. The minimum absolute atomic E-state index is 0.236. The van der Waals surface area contributed by atoms with Crippen molar-refractivity contribution in [1.82, 2.24) is 9.97 Å². The van der Waals surface area contributed by atoms with Crippen molar-refractivity contribution < 1.29 is 17.2 Å². The van der Waals surface area contributed by atoms with E-state index >= 15 is 0 Å². The second-order valence-corrected chi connectivity index (χ2v) is 8.18. The van der Waals surface area contributed by atoms with Gasteiger partial charge in [-0.25, -0.2) is 22.2 Å². The van der Waals surface area contributed by atoms with Gasteiger partial charge in [-0.15, -0.1) is 0 Å². The average Bonchev–Trinajstić information content (AvgIpc) is 2.62. The minimum atomic E-state index is -4.13. The van der Waals surface area contributed by atoms with Crippen LogP contribution in [-0.2, 0) is 10.0 Å². The number of aryl methyl sites for hydroxylation is 1. The van der Waals surface area contributed by atoms with Gasteiger partial charge in [0, 0.05) is 43.3 Å². The molecule has 2 aromatic carbocycles. The summed E-state index contributed by atoms with van der Waals surface area (Å²) in [6.45, 7) is 1.85. The molecule has 3 aromatic rings. The molecule has 0 unspecified atom stereocenters. The van der Waals surface area contributed by atoms with Gasteiger partial charge in [-0.1, -0.05) is 0 Å². The standard InChI is InChI=1S/C19H19F2N5O2S/c1-12-8-18(26(2)3)24-19(22-12)23-15-4-6-16(7-5-15)25-29(27,28)17-10-13(20)9-14(21)11-17/h4-11,25H,1-3H3,(H,22,23,24). The number of anilines is 4. The predicted molar refractivity (Wildman–Crippen MR) is 108 cm³/mol. The SMILES string of the molecule is Cc1cc(N(C)C)nc(Nc2ccc(NS(=O)(=O)c3cc(F)cc(F)c3)cc2)n1. The van der Waals surface area contributed by atoms with Gasteiger partial charge in [0.1, 0.15) is 17.5 Å². The number of hydrogen-bond acceptors (Lipinski definition) is 6. The van der Waals surface area contributed by atoms with Crippen molar-refractivity contribution in [2.75, 3.05) is 29.0 Å². The quantitative estimate of drug-likeness (QED) is 0.634. The summed E-state index contributed by atoms with van der Waals surface area (Å²) in [7, 11) is -0.388. The van der Waals surface area contributed by atoms with Crippen LogP contribution in [0.2, 0.25) is 0 Å². The normalized spacial score (nSPS) is 11.2. The molecule has 3 rings (SSSR count). The third-order valence-corrected chi connectivity index (χ3v) is 5.20. The maximum atomic E-state index is 13.3. The molecule has 0 saturated carbocycles. The number of nitrogens with one attached hydrogen (secondary N) is 2. The number of halogens is 2. The number of rotatable bonds is 6. The largest absolute Gasteiger partial charge is 0.363 e. The van der Waals surface area contributed by atoms with Gasteiger partial charge in [-0.2, -0.15) is 4.98 Å². The molecule has 152 valence electrons. The van der Waals surface area contributed by atoms with E-state index in [0.717, 1.165) is 23.6 Å². The Bertz CT molecular complexity index is 1120. The minimum Gasteiger partial charge on any atom is -0.363 e. The summed E-state index contributed by atoms with van der Waals surface area (Å²) >= 11 is 0. The Morgan fingerprint density at radius 3 is 2.07 bits per heavy atom. The summed E-state index contributed by atoms with van der Waals surface area (Å²) in [5, 5.41) is 3.05. The summed E-state index contributed by atoms with van der Waals surface area (Å²) in [6.07, 6.45) is 0. The molecule has 29 heavy (non-hydrogen) atoms. The van der Waals surface area contributed by atoms with Gasteiger partial charge in [-0.3, -0.25) is 4.72 Å². The number of aromatic nitrogens is 2. The monoisotopic (exact) mass is 419 g/mol. The molecule has 0 bridgehead atoms. The van der Waals surface area contributed by atoms with Crippen molar-refractivity contribution in [2.45, 2.75) is 11.8 Å². The van der Waals surface area contributed by atoms with Crippen LogP contribution in [0, 0.1) is 18.6 Å². The Balaban J connectivity index is 1.77. The number of nitrogens with zero attached hydrogens (tertiary/aromatic N) is 3. The lowest BCUT2D eigenvalue weighted by Crippen LogP contribution is -2.13. The molecule has 0 fully saturated rings. The van der Waals surface area contributed by atoms with Gasteiger partial charge in [0.15, 0.2) is 0 Å². The second kappa shape index (κ2) is 8.00. The molecule has 0 aliphatic rings. The van der Waals surface area contributed by atoms with Crippen molar-refractivity contribution in [3.63, 3.8) is 0 Å². The molecule has 10 heteroatoms. The lowest BCUT2D eigenvalue weighted by molar-refractivity contribution is 0.568. The number of hydrogen-bond donors (Lipinski definition) is 2. The zero-order valence-corrected chi connectivity index (χ0v) is 16.8. The highest BCUT2D eigenvalue weighted by molar-refractivity contribution is 7.92. The Morgan fingerprint density at radius 2 is 1.48 bits per heavy atom. The molecule has 0 aliphatic carbocycles. The van der Waals surface area contributed by atoms with Gasteiger partial charge in [0.25, 0.3) is 10.0 Å². The van der Waals surface area contributed by atoms with E-state index in [-0.39, 0.29) is 5.69 Å². The molecule has 0 atom stereocenters. The summed E-state index contributed by atoms with van der Waals surface area (Å²) < 4.78 is 53.6. The fourth-order valence-corrected chi connectivity index (χ4v) is 3.59. The molecule has 0 saturated heterocycles. The van der Waals surface area contributed by atoms with Crippen LogP contribution in [0.25, 0.3) is 0 Å². The van der Waals surface area contributed by atoms with E-state index in [9.17, 15) is 17.2 Å². The van der Waals surface area contributed by atoms with Crippen LogP contribution in [0.4, 0.5) is 31.9 Å². The second-order valence-electron chi connectivity index (χ2n) is 6.50. The molecular weight excluding hydrogens is 400 g/mol. The fraction of sp³-hybridized carbons (Fsp3) is 0.158. The van der Waals surface area contributed by atoms with Crippen molar-refractivity contribution in [2.24, 2.45) is 0 Å². The lowest BCUT2D eigenvalue weighted by Gasteiger charge is -2.14. The summed E-state index contributed by atoms with van der Waals surface area (Å²) in [5.41, 5.74) is 1.66. The van der Waals surface area contributed by atoms with Crippen molar-refractivity contribution in [3.05, 3.63) is 65.9 Å². The average molecular weight is 419 g/mol. The fourth-order valence-electron chi connectivity index (χ4n) is 2.49. The molecule has 1 aromatic heterocycles. The number of sulfonamides is 1. The van der Waals surface area contributed by atoms with Crippen molar-refractivity contribution in [1.29, 1.82) is 0 Å². The van der Waals surface area contributed by atoms with Crippen molar-refractivity contribution >= 4 is 33.2 Å². The summed E-state index contributed by atoms with van der Waals surface area (Å²) in [5.74, 6) is -0.802. The Morgan fingerprint density at radius 1 is 0.897 bits per heavy atom. The van der Waals surface area contributed by atoms with Gasteiger partial charge in [0.05, 0.1) is 4.90 Å². The lowest BCUT2D eigenvalue weighted by atomic mass is 10.3. The molecule has 0 amide bonds. The highest BCUT2D eigenvalue weighted by Crippen LogP contribution is 2.22. The zero-order valence-electron chi connectivity index (χ0n) is 15.9. The van der Waals surface area contributed by atoms with Crippen molar-refractivity contribution in [3.8, 4) is 0 Å². The smallest absolute Gasteiger partial charge is 0.262 e. The highest BCUT2D eigenvalue weighted by Gasteiger charge is 2.16. The first-order chi connectivity index (χ1) is 13.6. The molecule has 0 aliphatic heterocycles. The van der Waals surface area contributed by atoms with Crippen LogP contribution in [-0.4, -0.2) is 32.5 Å². The molecule has 1 heterocycles. The van der Waals surface area contributed by atoms with Gasteiger partial charge in [-0.05, 0) is 43.3 Å². The first-order valence-electron chi connectivity index (χ1n) is 8.51. The third kappa shape index (κ3) is 5.17.